The van der Waals surface area contributed by atoms with Gasteiger partial charge in [0, 0.05) is 6.07 Å². The molecule has 0 aromatic carbocycles. The van der Waals surface area contributed by atoms with E-state index in [1.54, 1.807) is 6.92 Å². The van der Waals surface area contributed by atoms with Crippen LogP contribution in [0, 0.1) is 6.92 Å². The summed E-state index contributed by atoms with van der Waals surface area (Å²) in [4.78, 5) is 0. The molecule has 1 aromatic rings. The van der Waals surface area contributed by atoms with Gasteiger partial charge in [0.15, 0.2) is 0 Å². The van der Waals surface area contributed by atoms with Crippen molar-refractivity contribution in [3.8, 4) is 5.88 Å². The van der Waals surface area contributed by atoms with Gasteiger partial charge < -0.3 is 4.74 Å². The maximum absolute atomic E-state index is 13.1. The highest BCUT2D eigenvalue weighted by Gasteiger charge is 2.53. The van der Waals surface area contributed by atoms with E-state index in [0.29, 0.717) is 12.6 Å². The van der Waals surface area contributed by atoms with Gasteiger partial charge in [0.05, 0.1) is 5.69 Å². The molecule has 1 atom stereocenters. The molecule has 0 amide bonds. The molecule has 7 heteroatoms. The highest BCUT2D eigenvalue weighted by Crippen LogP contribution is 2.33. The largest absolute Gasteiger partial charge is 0.473 e. The fourth-order valence-electron chi connectivity index (χ4n) is 0.755. The minimum atomic E-state index is -4.97. The highest BCUT2D eigenvalue weighted by atomic mass is 19.4. The van der Waals surface area contributed by atoms with Crippen LogP contribution in [0.3, 0.4) is 0 Å². The van der Waals surface area contributed by atoms with E-state index >= 15 is 0 Å². The normalized spacial score (nSPS) is 15.6. The Morgan fingerprint density at radius 2 is 1.81 bits per heavy atom. The molecule has 1 aromatic heterocycles. The zero-order valence-corrected chi connectivity index (χ0v) is 8.68. The summed E-state index contributed by atoms with van der Waals surface area (Å²) in [5.74, 6) is -0.140. The van der Waals surface area contributed by atoms with E-state index in [9.17, 15) is 17.6 Å². The van der Waals surface area contributed by atoms with E-state index in [2.05, 4.69) is 14.9 Å². The minimum absolute atomic E-state index is 0.140. The monoisotopic (exact) mass is 238 g/mol. The first-order valence-corrected chi connectivity index (χ1v) is 4.41. The van der Waals surface area contributed by atoms with Crippen molar-refractivity contribution in [1.82, 2.24) is 10.2 Å². The van der Waals surface area contributed by atoms with Crippen molar-refractivity contribution in [3.05, 3.63) is 17.8 Å². The summed E-state index contributed by atoms with van der Waals surface area (Å²) in [5, 5.41) is 7.02. The molecule has 0 saturated heterocycles. The topological polar surface area (TPSA) is 35.0 Å². The van der Waals surface area contributed by atoms with Gasteiger partial charge in [-0.3, -0.25) is 0 Å². The third-order valence-corrected chi connectivity index (χ3v) is 1.86. The summed E-state index contributed by atoms with van der Waals surface area (Å²) >= 11 is 0. The number of rotatable bonds is 3. The second kappa shape index (κ2) is 4.23. The van der Waals surface area contributed by atoms with E-state index < -0.39 is 18.5 Å². The van der Waals surface area contributed by atoms with Crippen LogP contribution in [0.2, 0.25) is 0 Å². The zero-order chi connectivity index (χ0) is 12.4. The molecule has 0 aliphatic carbocycles. The molecule has 0 aliphatic heterocycles. The van der Waals surface area contributed by atoms with Crippen molar-refractivity contribution < 1.29 is 22.3 Å². The predicted octanol–water partition coefficient (Wildman–Crippen LogP) is 2.45. The Morgan fingerprint density at radius 3 is 2.25 bits per heavy atom. The van der Waals surface area contributed by atoms with Gasteiger partial charge >= 0.3 is 6.18 Å². The lowest BCUT2D eigenvalue weighted by atomic mass is 10.1. The van der Waals surface area contributed by atoms with Crippen molar-refractivity contribution in [1.29, 1.82) is 0 Å². The maximum Gasteiger partial charge on any atom is 0.425 e. The Balaban J connectivity index is 2.61. The lowest BCUT2D eigenvalue weighted by molar-refractivity contribution is -0.231. The Bertz CT molecular complexity index is 348. The van der Waals surface area contributed by atoms with Crippen molar-refractivity contribution in [2.24, 2.45) is 0 Å². The minimum Gasteiger partial charge on any atom is -0.473 e. The van der Waals surface area contributed by atoms with Crippen LogP contribution < -0.4 is 4.74 Å². The van der Waals surface area contributed by atoms with Crippen LogP contribution in [0.25, 0.3) is 0 Å². The number of alkyl halides is 4. The molecular weight excluding hydrogens is 228 g/mol. The van der Waals surface area contributed by atoms with Crippen LogP contribution in [0.4, 0.5) is 17.6 Å². The van der Waals surface area contributed by atoms with E-state index in [4.69, 9.17) is 0 Å². The van der Waals surface area contributed by atoms with Crippen LogP contribution >= 0.6 is 0 Å². The summed E-state index contributed by atoms with van der Waals surface area (Å²) in [6, 6.07) is 2.83. The average molecular weight is 238 g/mol. The number of halogens is 4. The second-order valence-corrected chi connectivity index (χ2v) is 3.50. The Hall–Kier alpha value is -1.40. The number of ether oxygens (including phenoxy) is 1. The molecule has 1 rings (SSSR count). The molecule has 0 radical (unpaired) electrons. The quantitative estimate of drug-likeness (QED) is 0.758. The summed E-state index contributed by atoms with van der Waals surface area (Å²) in [6.45, 7) is 0.925. The van der Waals surface area contributed by atoms with Gasteiger partial charge in [-0.05, 0) is 19.9 Å². The van der Waals surface area contributed by atoms with Crippen molar-refractivity contribution in [3.63, 3.8) is 0 Å². The predicted molar refractivity (Wildman–Crippen MR) is 47.8 cm³/mol. The third kappa shape index (κ3) is 3.04. The molecule has 0 spiro atoms. The molecule has 90 valence electrons. The maximum atomic E-state index is 13.1. The molecule has 1 unspecified atom stereocenters. The second-order valence-electron chi connectivity index (χ2n) is 3.50. The fourth-order valence-corrected chi connectivity index (χ4v) is 0.755. The van der Waals surface area contributed by atoms with Gasteiger partial charge in [-0.15, -0.1) is 5.10 Å². The molecule has 1 heterocycles. The van der Waals surface area contributed by atoms with Gasteiger partial charge in [-0.25, -0.2) is 4.39 Å². The number of nitrogens with zero attached hydrogens (tertiary/aromatic N) is 2. The SMILES string of the molecule is Cc1ccc(OCC(C)(F)C(F)(F)F)nn1. The van der Waals surface area contributed by atoms with Gasteiger partial charge in [0.25, 0.3) is 0 Å². The Kier molecular flexibility index (Phi) is 3.35. The summed E-state index contributed by atoms with van der Waals surface area (Å²) in [6.07, 6.45) is -4.97. The standard InChI is InChI=1S/C9H10F4N2O/c1-6-3-4-7(15-14-6)16-5-8(2,10)9(11,12)13/h3-4H,5H2,1-2H3. The Labute approximate surface area is 89.4 Å². The number of hydrogen-bond acceptors (Lipinski definition) is 3. The highest BCUT2D eigenvalue weighted by molar-refractivity contribution is 5.10. The molecule has 0 saturated carbocycles. The van der Waals surface area contributed by atoms with Crippen LogP contribution in [0.5, 0.6) is 5.88 Å². The molecule has 3 nitrogen and oxygen atoms in total. The molecule has 16 heavy (non-hydrogen) atoms. The molecule has 0 aliphatic rings. The van der Waals surface area contributed by atoms with E-state index in [0.717, 1.165) is 0 Å². The van der Waals surface area contributed by atoms with Gasteiger partial charge in [0.2, 0.25) is 11.5 Å². The van der Waals surface area contributed by atoms with E-state index in [1.807, 2.05) is 0 Å². The molecular formula is C9H10F4N2O. The summed E-state index contributed by atoms with van der Waals surface area (Å²) in [5.41, 5.74) is -2.81. The first kappa shape index (κ1) is 12.7. The van der Waals surface area contributed by atoms with Crippen molar-refractivity contribution in [2.75, 3.05) is 6.61 Å². The molecule has 0 fully saturated rings. The fraction of sp³-hybridized carbons (Fsp3) is 0.556. The number of aromatic nitrogens is 2. The average Bonchev–Trinajstić information content (AvgIpc) is 2.15. The van der Waals surface area contributed by atoms with Crippen LogP contribution in [0.1, 0.15) is 12.6 Å². The lowest BCUT2D eigenvalue weighted by Gasteiger charge is -2.22. The number of aryl methyl sites for hydroxylation is 1. The lowest BCUT2D eigenvalue weighted by Crippen LogP contribution is -2.43. The van der Waals surface area contributed by atoms with Gasteiger partial charge in [-0.1, -0.05) is 0 Å². The van der Waals surface area contributed by atoms with Gasteiger partial charge in [-0.2, -0.15) is 18.3 Å². The van der Waals surface area contributed by atoms with Gasteiger partial charge in [0.1, 0.15) is 6.61 Å². The van der Waals surface area contributed by atoms with Crippen molar-refractivity contribution >= 4 is 0 Å². The zero-order valence-electron chi connectivity index (χ0n) is 8.68. The number of hydrogen-bond donors (Lipinski definition) is 0. The van der Waals surface area contributed by atoms with Crippen LogP contribution in [0.15, 0.2) is 12.1 Å². The summed E-state index contributed by atoms with van der Waals surface area (Å²) in [7, 11) is 0. The van der Waals surface area contributed by atoms with E-state index in [1.165, 1.54) is 12.1 Å². The molecule has 0 N–H and O–H groups in total. The Morgan fingerprint density at radius 1 is 1.19 bits per heavy atom. The van der Waals surface area contributed by atoms with E-state index in [-0.39, 0.29) is 5.88 Å². The summed E-state index contributed by atoms with van der Waals surface area (Å²) < 4.78 is 54.0. The van der Waals surface area contributed by atoms with Crippen LogP contribution in [-0.2, 0) is 0 Å². The molecule has 0 bridgehead atoms. The smallest absolute Gasteiger partial charge is 0.425 e. The first-order chi connectivity index (χ1) is 7.22. The van der Waals surface area contributed by atoms with Crippen LogP contribution in [-0.4, -0.2) is 28.6 Å². The first-order valence-electron chi connectivity index (χ1n) is 4.41. The third-order valence-electron chi connectivity index (χ3n) is 1.86. The van der Waals surface area contributed by atoms with Crippen molar-refractivity contribution in [2.45, 2.75) is 25.7 Å².